The van der Waals surface area contributed by atoms with Gasteiger partial charge in [-0.1, -0.05) is 48.5 Å². The number of ketones is 1. The van der Waals surface area contributed by atoms with Crippen molar-refractivity contribution in [3.63, 3.8) is 0 Å². The fourth-order valence-electron chi connectivity index (χ4n) is 3.98. The molecule has 112 valence electrons. The van der Waals surface area contributed by atoms with Crippen LogP contribution in [0, 0.1) is 5.92 Å². The third-order valence-electron chi connectivity index (χ3n) is 4.95. The van der Waals surface area contributed by atoms with Crippen LogP contribution in [0.2, 0.25) is 0 Å². The maximum atomic E-state index is 12.3. The first-order chi connectivity index (χ1) is 10.7. The molecule has 0 bridgehead atoms. The molecule has 4 atom stereocenters. The molecule has 1 aliphatic carbocycles. The second-order valence-electron chi connectivity index (χ2n) is 6.19. The highest BCUT2D eigenvalue weighted by atomic mass is 16.6. The number of ether oxygens (including phenoxy) is 1. The number of fused-ring (bicyclic) bond motifs is 3. The Morgan fingerprint density at radius 3 is 2.41 bits per heavy atom. The van der Waals surface area contributed by atoms with Crippen LogP contribution in [-0.2, 0) is 4.79 Å². The first-order valence-electron chi connectivity index (χ1n) is 7.74. The predicted octanol–water partition coefficient (Wildman–Crippen LogP) is 3.24. The number of rotatable bonds is 1. The molecule has 2 aliphatic rings. The molecule has 1 heterocycles. The Morgan fingerprint density at radius 2 is 1.59 bits per heavy atom. The number of aliphatic hydroxyl groups excluding tert-OH is 1. The SMILES string of the molecule is O=C1C[C@H](c2ccccc2)[C@H]2[C@@H](O)Oc3ccccc3[C@@H]2C1. The number of carbonyl (C=O) groups is 1. The average molecular weight is 294 g/mol. The molecule has 0 amide bonds. The van der Waals surface area contributed by atoms with Crippen molar-refractivity contribution < 1.29 is 14.6 Å². The lowest BCUT2D eigenvalue weighted by molar-refractivity contribution is -0.131. The molecular weight excluding hydrogens is 276 g/mol. The average Bonchev–Trinajstić information content (AvgIpc) is 2.55. The Kier molecular flexibility index (Phi) is 3.23. The van der Waals surface area contributed by atoms with Crippen molar-refractivity contribution in [3.8, 4) is 5.75 Å². The van der Waals surface area contributed by atoms with E-state index in [9.17, 15) is 9.90 Å². The number of aliphatic hydroxyl groups is 1. The highest BCUT2D eigenvalue weighted by Gasteiger charge is 2.46. The largest absolute Gasteiger partial charge is 0.465 e. The van der Waals surface area contributed by atoms with Crippen LogP contribution >= 0.6 is 0 Å². The van der Waals surface area contributed by atoms with Gasteiger partial charge in [0.05, 0.1) is 0 Å². The van der Waals surface area contributed by atoms with Gasteiger partial charge in [-0.25, -0.2) is 0 Å². The van der Waals surface area contributed by atoms with E-state index in [1.807, 2.05) is 54.6 Å². The van der Waals surface area contributed by atoms with E-state index >= 15 is 0 Å². The third kappa shape index (κ3) is 2.13. The highest BCUT2D eigenvalue weighted by molar-refractivity contribution is 5.82. The van der Waals surface area contributed by atoms with Crippen LogP contribution in [0.25, 0.3) is 0 Å². The second-order valence-corrected chi connectivity index (χ2v) is 6.19. The number of carbonyl (C=O) groups excluding carboxylic acids is 1. The lowest BCUT2D eigenvalue weighted by Crippen LogP contribution is -2.43. The van der Waals surface area contributed by atoms with Crippen LogP contribution in [0.5, 0.6) is 5.75 Å². The Bertz CT molecular complexity index is 695. The molecule has 2 aromatic rings. The summed E-state index contributed by atoms with van der Waals surface area (Å²) in [4.78, 5) is 12.3. The Morgan fingerprint density at radius 1 is 0.909 bits per heavy atom. The zero-order chi connectivity index (χ0) is 15.1. The standard InChI is InChI=1S/C19H18O3/c20-13-10-15(12-6-2-1-3-7-12)18-16(11-13)14-8-4-5-9-17(14)22-19(18)21/h1-9,15-16,18-19,21H,10-11H2/t15-,16+,18-,19+/m1/s1. The molecule has 1 aliphatic heterocycles. The Balaban J connectivity index is 1.79. The van der Waals surface area contributed by atoms with Gasteiger partial charge in [-0.3, -0.25) is 4.79 Å². The van der Waals surface area contributed by atoms with E-state index in [4.69, 9.17) is 4.74 Å². The maximum Gasteiger partial charge on any atom is 0.201 e. The molecule has 0 unspecified atom stereocenters. The van der Waals surface area contributed by atoms with Crippen molar-refractivity contribution in [2.75, 3.05) is 0 Å². The fourth-order valence-corrected chi connectivity index (χ4v) is 3.98. The molecule has 0 aromatic heterocycles. The number of hydrogen-bond donors (Lipinski definition) is 1. The summed E-state index contributed by atoms with van der Waals surface area (Å²) in [5.41, 5.74) is 2.15. The Hall–Kier alpha value is -2.13. The number of para-hydroxylation sites is 1. The fraction of sp³-hybridized carbons (Fsp3) is 0.316. The molecule has 1 N–H and O–H groups in total. The van der Waals surface area contributed by atoms with Crippen LogP contribution in [0.1, 0.15) is 35.8 Å². The van der Waals surface area contributed by atoms with Crippen LogP contribution in [0.3, 0.4) is 0 Å². The van der Waals surface area contributed by atoms with E-state index in [1.54, 1.807) is 0 Å². The summed E-state index contributed by atoms with van der Waals surface area (Å²) in [7, 11) is 0. The quantitative estimate of drug-likeness (QED) is 0.878. The summed E-state index contributed by atoms with van der Waals surface area (Å²) in [5.74, 6) is 0.939. The molecular formula is C19H18O3. The molecule has 4 rings (SSSR count). The van der Waals surface area contributed by atoms with Gasteiger partial charge < -0.3 is 9.84 Å². The zero-order valence-electron chi connectivity index (χ0n) is 12.2. The predicted molar refractivity (Wildman–Crippen MR) is 82.7 cm³/mol. The molecule has 1 fully saturated rings. The van der Waals surface area contributed by atoms with Crippen molar-refractivity contribution in [2.24, 2.45) is 5.92 Å². The van der Waals surface area contributed by atoms with Gasteiger partial charge in [0.2, 0.25) is 6.29 Å². The summed E-state index contributed by atoms with van der Waals surface area (Å²) in [5, 5.41) is 10.5. The van der Waals surface area contributed by atoms with Crippen LogP contribution < -0.4 is 4.74 Å². The molecule has 1 saturated carbocycles. The topological polar surface area (TPSA) is 46.5 Å². The molecule has 3 nitrogen and oxygen atoms in total. The van der Waals surface area contributed by atoms with Gasteiger partial charge in [0.25, 0.3) is 0 Å². The van der Waals surface area contributed by atoms with Crippen molar-refractivity contribution in [2.45, 2.75) is 31.0 Å². The molecule has 2 aromatic carbocycles. The maximum absolute atomic E-state index is 12.3. The minimum absolute atomic E-state index is 0.0100. The van der Waals surface area contributed by atoms with Crippen molar-refractivity contribution in [3.05, 3.63) is 65.7 Å². The Labute approximate surface area is 129 Å². The first-order valence-corrected chi connectivity index (χ1v) is 7.74. The minimum Gasteiger partial charge on any atom is -0.465 e. The molecule has 0 spiro atoms. The lowest BCUT2D eigenvalue weighted by atomic mass is 9.65. The van der Waals surface area contributed by atoms with Gasteiger partial charge in [0, 0.05) is 30.6 Å². The van der Waals surface area contributed by atoms with E-state index in [0.29, 0.717) is 18.6 Å². The smallest absolute Gasteiger partial charge is 0.201 e. The van der Waals surface area contributed by atoms with E-state index in [2.05, 4.69) is 0 Å². The van der Waals surface area contributed by atoms with Crippen LogP contribution in [-0.4, -0.2) is 17.2 Å². The number of hydrogen-bond acceptors (Lipinski definition) is 3. The van der Waals surface area contributed by atoms with E-state index < -0.39 is 6.29 Å². The van der Waals surface area contributed by atoms with Crippen LogP contribution in [0.4, 0.5) is 0 Å². The molecule has 22 heavy (non-hydrogen) atoms. The van der Waals surface area contributed by atoms with Crippen molar-refractivity contribution in [1.82, 2.24) is 0 Å². The van der Waals surface area contributed by atoms with Gasteiger partial charge in [0.15, 0.2) is 0 Å². The zero-order valence-corrected chi connectivity index (χ0v) is 12.2. The monoisotopic (exact) mass is 294 g/mol. The van der Waals surface area contributed by atoms with E-state index in [-0.39, 0.29) is 23.5 Å². The molecule has 3 heteroatoms. The summed E-state index contributed by atoms with van der Waals surface area (Å²) in [6.45, 7) is 0. The van der Waals surface area contributed by atoms with Gasteiger partial charge in [-0.05, 0) is 17.2 Å². The van der Waals surface area contributed by atoms with Gasteiger partial charge in [-0.2, -0.15) is 0 Å². The number of benzene rings is 2. The third-order valence-corrected chi connectivity index (χ3v) is 4.95. The minimum atomic E-state index is -0.863. The van der Waals surface area contributed by atoms with E-state index in [1.165, 1.54) is 0 Å². The van der Waals surface area contributed by atoms with Crippen molar-refractivity contribution >= 4 is 5.78 Å². The first kappa shape index (κ1) is 13.5. The van der Waals surface area contributed by atoms with Gasteiger partial charge in [-0.15, -0.1) is 0 Å². The normalized spacial score (nSPS) is 30.1. The summed E-state index contributed by atoms with van der Waals surface area (Å²) >= 11 is 0. The summed E-state index contributed by atoms with van der Waals surface area (Å²) < 4.78 is 5.73. The van der Waals surface area contributed by atoms with Crippen molar-refractivity contribution in [1.29, 1.82) is 0 Å². The second kappa shape index (κ2) is 5.25. The van der Waals surface area contributed by atoms with Crippen LogP contribution in [0.15, 0.2) is 54.6 Å². The number of Topliss-reactive ketones (excluding diaryl/α,β-unsaturated/α-hetero) is 1. The summed E-state index contributed by atoms with van der Waals surface area (Å²) in [6, 6.07) is 17.7. The molecule has 0 saturated heterocycles. The van der Waals surface area contributed by atoms with E-state index in [0.717, 1.165) is 11.1 Å². The molecule has 0 radical (unpaired) electrons. The summed E-state index contributed by atoms with van der Waals surface area (Å²) in [6.07, 6.45) is 0.109. The highest BCUT2D eigenvalue weighted by Crippen LogP contribution is 2.51. The lowest BCUT2D eigenvalue weighted by Gasteiger charge is -2.44. The van der Waals surface area contributed by atoms with Gasteiger partial charge >= 0.3 is 0 Å². The van der Waals surface area contributed by atoms with Gasteiger partial charge in [0.1, 0.15) is 11.5 Å².